The summed E-state index contributed by atoms with van der Waals surface area (Å²) in [6.07, 6.45) is 5.55. The first-order valence-corrected chi connectivity index (χ1v) is 14.9. The van der Waals surface area contributed by atoms with E-state index >= 15 is 0 Å². The normalized spacial score (nSPS) is 16.2. The van der Waals surface area contributed by atoms with Crippen LogP contribution in [0.3, 0.4) is 0 Å². The van der Waals surface area contributed by atoms with Crippen LogP contribution in [0.1, 0.15) is 34.7 Å². The van der Waals surface area contributed by atoms with Gasteiger partial charge in [-0.15, -0.1) is 0 Å². The molecule has 2 aliphatic rings. The van der Waals surface area contributed by atoms with Crippen LogP contribution >= 0.6 is 0 Å². The third-order valence-corrected chi connectivity index (χ3v) is 8.60. The molecule has 0 fully saturated rings. The van der Waals surface area contributed by atoms with Crippen LogP contribution in [0.25, 0.3) is 28.0 Å². The van der Waals surface area contributed by atoms with Gasteiger partial charge in [0, 0.05) is 27.9 Å². The Balaban J connectivity index is 1.49. The van der Waals surface area contributed by atoms with Crippen molar-refractivity contribution in [1.29, 1.82) is 0 Å². The Labute approximate surface area is 256 Å². The number of hydrogen-bond acceptors (Lipinski definition) is 5. The zero-order valence-electron chi connectivity index (χ0n) is 25.0. The van der Waals surface area contributed by atoms with E-state index in [2.05, 4.69) is 66.0 Å². The second kappa shape index (κ2) is 11.1. The topological polar surface area (TPSA) is 66.0 Å². The van der Waals surface area contributed by atoms with Crippen molar-refractivity contribution >= 4 is 28.6 Å². The summed E-state index contributed by atoms with van der Waals surface area (Å²) in [5, 5.41) is 4.98. The number of carbonyl (C=O) groups is 1. The number of methoxy groups -OCH3 is 2. The van der Waals surface area contributed by atoms with E-state index in [1.165, 1.54) is 16.7 Å². The third kappa shape index (κ3) is 4.45. The highest BCUT2D eigenvalue weighted by molar-refractivity contribution is 6.07. The lowest BCUT2D eigenvalue weighted by Crippen LogP contribution is -2.35. The Kier molecular flexibility index (Phi) is 6.97. The fraction of sp³-hybridized carbons (Fsp3) is 0.184. The molecule has 1 heterocycles. The van der Waals surface area contributed by atoms with E-state index in [0.29, 0.717) is 23.8 Å². The summed E-state index contributed by atoms with van der Waals surface area (Å²) in [5.74, 6) is 2.21. The van der Waals surface area contributed by atoms with Crippen LogP contribution in [-0.4, -0.2) is 26.9 Å². The van der Waals surface area contributed by atoms with Crippen molar-refractivity contribution < 1.29 is 23.7 Å². The average Bonchev–Trinajstić information content (AvgIpc) is 3.07. The number of benzene rings is 5. The standard InChI is InChI=1S/C38H33NO5/c1-4-43-37(40)39-27-15-10-14-26(21-27)38(25-12-6-5-7-13-25)20-19-29-31-22-33(41-2)34(42-3)23-32(31)35-28-16-9-8-11-24(28)17-18-30(35)36(29)44-38/h5-16,19-23H,4,17-18H2,1-3H3,(H,39,40). The van der Waals surface area contributed by atoms with Crippen LogP contribution in [0.5, 0.6) is 17.2 Å². The van der Waals surface area contributed by atoms with Gasteiger partial charge in [-0.2, -0.15) is 0 Å². The minimum Gasteiger partial charge on any atom is -0.493 e. The first kappa shape index (κ1) is 27.6. The summed E-state index contributed by atoms with van der Waals surface area (Å²) in [4.78, 5) is 12.3. The molecule has 0 saturated heterocycles. The van der Waals surface area contributed by atoms with Gasteiger partial charge in [0.15, 0.2) is 17.1 Å². The Morgan fingerprint density at radius 1 is 0.841 bits per heavy atom. The number of aryl methyl sites for hydroxylation is 1. The maximum Gasteiger partial charge on any atom is 0.411 e. The summed E-state index contributed by atoms with van der Waals surface area (Å²) in [6, 6.07) is 30.7. The zero-order chi connectivity index (χ0) is 30.3. The van der Waals surface area contributed by atoms with Gasteiger partial charge in [-0.1, -0.05) is 66.7 Å². The number of rotatable bonds is 6. The molecule has 7 rings (SSSR count). The van der Waals surface area contributed by atoms with Gasteiger partial charge in [-0.3, -0.25) is 5.32 Å². The highest BCUT2D eigenvalue weighted by Crippen LogP contribution is 2.53. The summed E-state index contributed by atoms with van der Waals surface area (Å²) in [6.45, 7) is 2.08. The minimum atomic E-state index is -0.949. The van der Waals surface area contributed by atoms with Crippen molar-refractivity contribution in [2.24, 2.45) is 0 Å². The minimum absolute atomic E-state index is 0.293. The second-order valence-electron chi connectivity index (χ2n) is 11.0. The smallest absolute Gasteiger partial charge is 0.411 e. The van der Waals surface area contributed by atoms with Gasteiger partial charge in [0.1, 0.15) is 5.75 Å². The van der Waals surface area contributed by atoms with E-state index in [9.17, 15) is 4.79 Å². The number of ether oxygens (including phenoxy) is 4. The van der Waals surface area contributed by atoms with Crippen molar-refractivity contribution in [3.05, 3.63) is 125 Å². The number of amides is 1. The SMILES string of the molecule is CCOC(=O)Nc1cccc(C2(c3ccccc3)C=Cc3c(c4c(c5cc(OC)c(OC)cc35)-c3ccccc3CC4)O2)c1. The molecule has 6 nitrogen and oxygen atoms in total. The summed E-state index contributed by atoms with van der Waals surface area (Å²) >= 11 is 0. The molecule has 1 aliphatic carbocycles. The molecule has 1 unspecified atom stereocenters. The van der Waals surface area contributed by atoms with Crippen LogP contribution in [-0.2, 0) is 23.2 Å². The van der Waals surface area contributed by atoms with Crippen molar-refractivity contribution in [3.8, 4) is 28.4 Å². The molecule has 0 aromatic heterocycles. The Hall–Kier alpha value is -5.23. The predicted octanol–water partition coefficient (Wildman–Crippen LogP) is 8.54. The first-order valence-electron chi connectivity index (χ1n) is 14.9. The van der Waals surface area contributed by atoms with E-state index in [-0.39, 0.29) is 0 Å². The highest BCUT2D eigenvalue weighted by atomic mass is 16.5. The predicted molar refractivity (Wildman–Crippen MR) is 174 cm³/mol. The van der Waals surface area contributed by atoms with Crippen molar-refractivity contribution in [2.45, 2.75) is 25.4 Å². The van der Waals surface area contributed by atoms with Gasteiger partial charge in [0.05, 0.1) is 20.8 Å². The first-order chi connectivity index (χ1) is 21.6. The number of hydrogen-bond donors (Lipinski definition) is 1. The molecule has 1 amide bonds. The number of carbonyl (C=O) groups excluding carboxylic acids is 1. The number of nitrogens with one attached hydrogen (secondary N) is 1. The fourth-order valence-electron chi connectivity index (χ4n) is 6.61. The molecular formula is C38H33NO5. The van der Waals surface area contributed by atoms with Gasteiger partial charge < -0.3 is 18.9 Å². The highest BCUT2D eigenvalue weighted by Gasteiger charge is 2.40. The summed E-state index contributed by atoms with van der Waals surface area (Å²) in [7, 11) is 3.33. The van der Waals surface area contributed by atoms with Gasteiger partial charge in [0.2, 0.25) is 0 Å². The molecule has 0 saturated carbocycles. The van der Waals surface area contributed by atoms with Gasteiger partial charge in [-0.25, -0.2) is 4.79 Å². The van der Waals surface area contributed by atoms with Crippen LogP contribution in [0.2, 0.25) is 0 Å². The van der Waals surface area contributed by atoms with E-state index in [4.69, 9.17) is 18.9 Å². The van der Waals surface area contributed by atoms with Crippen LogP contribution in [0.4, 0.5) is 10.5 Å². The molecule has 0 radical (unpaired) electrons. The van der Waals surface area contributed by atoms with Gasteiger partial charge in [0.25, 0.3) is 0 Å². The van der Waals surface area contributed by atoms with Gasteiger partial charge in [-0.05, 0) is 83.6 Å². The van der Waals surface area contributed by atoms with Crippen molar-refractivity contribution in [2.75, 3.05) is 26.1 Å². The molecule has 0 bridgehead atoms. The van der Waals surface area contributed by atoms with Crippen LogP contribution in [0, 0.1) is 0 Å². The second-order valence-corrected chi connectivity index (χ2v) is 11.0. The van der Waals surface area contributed by atoms with E-state index < -0.39 is 11.7 Å². The molecular weight excluding hydrogens is 550 g/mol. The lowest BCUT2D eigenvalue weighted by molar-refractivity contribution is 0.159. The molecule has 0 spiro atoms. The van der Waals surface area contributed by atoms with Gasteiger partial charge >= 0.3 is 6.09 Å². The third-order valence-electron chi connectivity index (χ3n) is 8.60. The van der Waals surface area contributed by atoms with Crippen molar-refractivity contribution in [1.82, 2.24) is 0 Å². The molecule has 1 N–H and O–H groups in total. The van der Waals surface area contributed by atoms with E-state index in [0.717, 1.165) is 51.6 Å². The Morgan fingerprint density at radius 2 is 1.57 bits per heavy atom. The largest absolute Gasteiger partial charge is 0.493 e. The lowest BCUT2D eigenvalue weighted by atomic mass is 9.78. The molecule has 220 valence electrons. The molecule has 6 heteroatoms. The quantitative estimate of drug-likeness (QED) is 0.217. The lowest BCUT2D eigenvalue weighted by Gasteiger charge is -2.39. The number of fused-ring (bicyclic) bond motifs is 8. The zero-order valence-corrected chi connectivity index (χ0v) is 25.0. The Bertz CT molecular complexity index is 1930. The Morgan fingerprint density at radius 3 is 2.34 bits per heavy atom. The molecule has 5 aromatic carbocycles. The molecule has 1 aliphatic heterocycles. The molecule has 1 atom stereocenters. The number of anilines is 1. The molecule has 44 heavy (non-hydrogen) atoms. The average molecular weight is 584 g/mol. The van der Waals surface area contributed by atoms with Crippen LogP contribution < -0.4 is 19.5 Å². The summed E-state index contributed by atoms with van der Waals surface area (Å²) < 4.78 is 24.0. The monoisotopic (exact) mass is 583 g/mol. The maximum absolute atomic E-state index is 12.3. The van der Waals surface area contributed by atoms with Crippen molar-refractivity contribution in [3.63, 3.8) is 0 Å². The fourth-order valence-corrected chi connectivity index (χ4v) is 6.61. The molecule has 5 aromatic rings. The summed E-state index contributed by atoms with van der Waals surface area (Å²) in [5.41, 5.74) is 7.41. The van der Waals surface area contributed by atoms with E-state index in [1.807, 2.05) is 42.5 Å². The van der Waals surface area contributed by atoms with Crippen LogP contribution in [0.15, 0.2) is 97.1 Å². The maximum atomic E-state index is 12.3. The van der Waals surface area contributed by atoms with E-state index in [1.54, 1.807) is 21.1 Å².